The number of ether oxygens (including phenoxy) is 20. The Hall–Kier alpha value is -6.80. The van der Waals surface area contributed by atoms with Gasteiger partial charge in [0, 0.05) is 242 Å². The first-order valence-corrected chi connectivity index (χ1v) is 57.1. The van der Waals surface area contributed by atoms with Crippen LogP contribution in [-0.2, 0) is 64.2 Å². The molecule has 0 spiro atoms. The molecular formula is C108H130Br8Cl4O20. The summed E-state index contributed by atoms with van der Waals surface area (Å²) in [5.74, 6) is 16.7. The summed E-state index contributed by atoms with van der Waals surface area (Å²) in [6.45, 7) is 8.17. The van der Waals surface area contributed by atoms with E-state index in [1.165, 1.54) is 25.7 Å². The molecule has 10 aromatic rings. The zero-order chi connectivity index (χ0) is 101. The normalized spacial score (nSPS) is 11.8. The van der Waals surface area contributed by atoms with E-state index in [1.807, 2.05) is 72.8 Å². The fourth-order valence-electron chi connectivity index (χ4n) is 16.3. The molecule has 20 bridgehead atoms. The maximum atomic E-state index is 6.50. The van der Waals surface area contributed by atoms with Crippen LogP contribution in [0, 0.1) is 0 Å². The predicted molar refractivity (Wildman–Crippen MR) is 598 cm³/mol. The SMILES string of the molecule is CCCCCC.COc1cc2c(OC)cc1Cc1cc(OC)c(cc1OC)Cc1cc(OCCBr)c(cc1OCCBr)Cc1cc(OCCBr)c(cc1OCCBr)Cc1cc(OC)c(cc1OC)C2.COc1cc2c(OC)cc1Cc1cc(OC)c(cc1OC)Cc1cc(OCCBr)c(cc1OCCBr)Cc1cc(OCCBr)c(cc1OCCBr)Cc1cc(OC)c(cc1OC)C2.ClCCCl.ClCCCl. The number of benzene rings is 10. The van der Waals surface area contributed by atoms with E-state index in [0.717, 1.165) is 157 Å². The standard InChI is InChI=1S/2C49H54Br4O10.C6H14.2C2H4Cl2/c2*1-54-40-20-31-16-33-23-45(59-6)35(25-43(33)57-4)18-37-27-49(63-14-10-53)39(29-47(37)61-12-8-51)19-38-28-46(60-11-7-50)36(26-48(38)62-13-9-52)17-34-24-42(56-3)32(22-44(34)58-5)15-30(40)21-41(31)55-2;1-3-5-6-4-2;2*3-1-2-4/h2*20-29H,7-19H2,1-6H3;3-6H2,1-2H3;2*1-2H2. The highest BCUT2D eigenvalue weighted by atomic mass is 79.9. The summed E-state index contributed by atoms with van der Waals surface area (Å²) >= 11 is 48.8. The van der Waals surface area contributed by atoms with E-state index >= 15 is 0 Å². The van der Waals surface area contributed by atoms with E-state index in [1.54, 1.807) is 85.3 Å². The molecule has 0 N–H and O–H groups in total. The Morgan fingerprint density at radius 2 is 0.250 bits per heavy atom. The van der Waals surface area contributed by atoms with E-state index in [0.29, 0.717) is 252 Å². The van der Waals surface area contributed by atoms with Crippen molar-refractivity contribution in [3.05, 3.63) is 233 Å². The number of rotatable bonds is 41. The highest BCUT2D eigenvalue weighted by Crippen LogP contribution is 2.48. The molecule has 0 radical (unpaired) electrons. The van der Waals surface area contributed by atoms with E-state index in [2.05, 4.69) is 190 Å². The van der Waals surface area contributed by atoms with Crippen molar-refractivity contribution in [3.63, 3.8) is 0 Å². The number of hydrogen-bond acceptors (Lipinski definition) is 20. The molecule has 0 aliphatic heterocycles. The molecule has 32 heteroatoms. The number of methoxy groups -OCH3 is 12. The molecule has 0 atom stereocenters. The zero-order valence-corrected chi connectivity index (χ0v) is 98.0. The average Bonchev–Trinajstić information content (AvgIpc) is 1.12. The summed E-state index contributed by atoms with van der Waals surface area (Å²) in [7, 11) is 20.2. The Kier molecular flexibility index (Phi) is 54.9. The molecule has 0 fully saturated rings. The molecule has 0 unspecified atom stereocenters. The average molecular weight is 2530 g/mol. The summed E-state index contributed by atoms with van der Waals surface area (Å²) in [5, 5.41) is 5.25. The summed E-state index contributed by atoms with van der Waals surface area (Å²) in [6, 6.07) is 41.1. The largest absolute Gasteiger partial charge is 0.496 e. The first kappa shape index (κ1) is 118. The fourth-order valence-corrected chi connectivity index (χ4v) is 17.6. The highest BCUT2D eigenvalue weighted by molar-refractivity contribution is 9.10. The topological polar surface area (TPSA) is 185 Å². The van der Waals surface area contributed by atoms with Gasteiger partial charge < -0.3 is 94.7 Å². The molecule has 0 saturated heterocycles. The third-order valence-electron chi connectivity index (χ3n) is 22.7. The van der Waals surface area contributed by atoms with Gasteiger partial charge in [-0.25, -0.2) is 0 Å². The summed E-state index contributed by atoms with van der Waals surface area (Å²) in [6.07, 6.45) is 10.4. The Labute approximate surface area is 915 Å². The quantitative estimate of drug-likeness (QED) is 0.0260. The Morgan fingerprint density at radius 3 is 0.321 bits per heavy atom. The van der Waals surface area contributed by atoms with Crippen LogP contribution in [-0.4, -0.2) is 204 Å². The van der Waals surface area contributed by atoms with Crippen LogP contribution in [0.25, 0.3) is 0 Å². The molecule has 20 aliphatic rings. The van der Waals surface area contributed by atoms with Gasteiger partial charge >= 0.3 is 0 Å². The van der Waals surface area contributed by atoms with Gasteiger partial charge in [-0.2, -0.15) is 0 Å². The number of hydrogen-bond donors (Lipinski definition) is 0. The number of alkyl halides is 12. The molecule has 10 aromatic carbocycles. The third kappa shape index (κ3) is 34.4. The summed E-state index contributed by atoms with van der Waals surface area (Å²) in [4.78, 5) is 0. The molecule has 20 nitrogen and oxygen atoms in total. The molecule has 20 aliphatic carbocycles. The van der Waals surface area contributed by atoms with Gasteiger partial charge in [0.1, 0.15) is 115 Å². The molecule has 0 heterocycles. The minimum Gasteiger partial charge on any atom is -0.496 e. The van der Waals surface area contributed by atoms with Gasteiger partial charge in [-0.3, -0.25) is 0 Å². The van der Waals surface area contributed by atoms with Gasteiger partial charge in [0.15, 0.2) is 0 Å². The van der Waals surface area contributed by atoms with Crippen LogP contribution in [0.4, 0.5) is 0 Å². The molecule has 140 heavy (non-hydrogen) atoms. The van der Waals surface area contributed by atoms with Crippen LogP contribution in [0.5, 0.6) is 115 Å². The van der Waals surface area contributed by atoms with E-state index in [4.69, 9.17) is 141 Å². The minimum atomic E-state index is 0.463. The second-order valence-electron chi connectivity index (χ2n) is 31.7. The van der Waals surface area contributed by atoms with Crippen molar-refractivity contribution in [1.82, 2.24) is 0 Å². The molecular weight excluding hydrogens is 2400 g/mol. The van der Waals surface area contributed by atoms with Gasteiger partial charge in [0.05, 0.1) is 138 Å². The monoisotopic (exact) mass is 2520 g/mol. The van der Waals surface area contributed by atoms with Gasteiger partial charge in [-0.05, 0) is 121 Å². The Balaban J connectivity index is 0.000000302. The van der Waals surface area contributed by atoms with Crippen LogP contribution < -0.4 is 94.7 Å². The lowest BCUT2D eigenvalue weighted by atomic mass is 9.94. The molecule has 0 aromatic heterocycles. The predicted octanol–water partition coefficient (Wildman–Crippen LogP) is 27.7. The first-order valence-electron chi connectivity index (χ1n) is 46.0. The second-order valence-corrected chi connectivity index (χ2v) is 39.5. The molecule has 0 saturated carbocycles. The Bertz CT molecular complexity index is 4850. The minimum absolute atomic E-state index is 0.463. The number of halogens is 12. The fraction of sp³-hybridized carbons (Fsp3) is 0.444. The van der Waals surface area contributed by atoms with Crippen molar-refractivity contribution in [3.8, 4) is 115 Å². The summed E-state index contributed by atoms with van der Waals surface area (Å²) in [5.41, 5.74) is 18.6. The molecule has 30 rings (SSSR count). The van der Waals surface area contributed by atoms with Crippen LogP contribution in [0.1, 0.15) is 151 Å². The first-order chi connectivity index (χ1) is 68.2. The summed E-state index contributed by atoms with van der Waals surface area (Å²) < 4.78 is 125. The van der Waals surface area contributed by atoms with Crippen molar-refractivity contribution in [2.24, 2.45) is 0 Å². The molecule has 766 valence electrons. The highest BCUT2D eigenvalue weighted by Gasteiger charge is 2.29. The van der Waals surface area contributed by atoms with Crippen LogP contribution >= 0.6 is 174 Å². The van der Waals surface area contributed by atoms with Gasteiger partial charge in [0.2, 0.25) is 0 Å². The third-order valence-corrected chi connectivity index (χ3v) is 26.4. The van der Waals surface area contributed by atoms with Crippen molar-refractivity contribution in [1.29, 1.82) is 0 Å². The van der Waals surface area contributed by atoms with Gasteiger partial charge in [-0.15, -0.1) is 46.4 Å². The van der Waals surface area contributed by atoms with E-state index in [9.17, 15) is 0 Å². The van der Waals surface area contributed by atoms with Crippen LogP contribution in [0.3, 0.4) is 0 Å². The second kappa shape index (κ2) is 64.9. The zero-order valence-electron chi connectivity index (χ0n) is 82.3. The Morgan fingerprint density at radius 1 is 0.164 bits per heavy atom. The van der Waals surface area contributed by atoms with E-state index in [-0.39, 0.29) is 0 Å². The van der Waals surface area contributed by atoms with Gasteiger partial charge in [-0.1, -0.05) is 167 Å². The van der Waals surface area contributed by atoms with Crippen molar-refractivity contribution >= 4 is 174 Å². The van der Waals surface area contributed by atoms with E-state index < -0.39 is 0 Å². The van der Waals surface area contributed by atoms with Crippen LogP contribution in [0.2, 0.25) is 0 Å². The van der Waals surface area contributed by atoms with Crippen molar-refractivity contribution in [2.75, 3.05) is 204 Å². The lowest BCUT2D eigenvalue weighted by Crippen LogP contribution is -2.09. The molecule has 0 amide bonds. The van der Waals surface area contributed by atoms with Crippen molar-refractivity contribution in [2.45, 2.75) is 104 Å². The van der Waals surface area contributed by atoms with Crippen molar-refractivity contribution < 1.29 is 94.7 Å². The maximum Gasteiger partial charge on any atom is 0.123 e. The lowest BCUT2D eigenvalue weighted by Gasteiger charge is -2.21. The number of unbranched alkanes of at least 4 members (excludes halogenated alkanes) is 3. The lowest BCUT2D eigenvalue weighted by molar-refractivity contribution is 0.326. The smallest absolute Gasteiger partial charge is 0.123 e. The maximum absolute atomic E-state index is 6.50. The van der Waals surface area contributed by atoms with Gasteiger partial charge in [0.25, 0.3) is 0 Å². The van der Waals surface area contributed by atoms with Crippen LogP contribution in [0.15, 0.2) is 121 Å².